The summed E-state index contributed by atoms with van der Waals surface area (Å²) in [5, 5.41) is 30.9. The minimum Gasteiger partial charge on any atom is -0.511 e. The Balaban J connectivity index is 1.92. The standard InChI is InChI=1S/C19H14N2O4/c22-13-1-2-14-11(3-4-20-15(14)9-13)5-10-6-12-8-17(24)21-19(25)18(12)16(23)7-10/h1-6,8-9,22-24H,7H2,(H,21,25). The first kappa shape index (κ1) is 15.0. The molecular weight excluding hydrogens is 320 g/mol. The molecule has 124 valence electrons. The summed E-state index contributed by atoms with van der Waals surface area (Å²) in [6, 6.07) is 8.19. The molecule has 0 amide bonds. The zero-order valence-electron chi connectivity index (χ0n) is 13.0. The minimum atomic E-state index is -0.521. The number of aliphatic hydroxyl groups excluding tert-OH is 1. The number of nitrogens with one attached hydrogen (secondary N) is 1. The van der Waals surface area contributed by atoms with Gasteiger partial charge >= 0.3 is 0 Å². The van der Waals surface area contributed by atoms with E-state index in [2.05, 4.69) is 9.97 Å². The zero-order valence-corrected chi connectivity index (χ0v) is 13.0. The molecule has 1 aromatic carbocycles. The zero-order chi connectivity index (χ0) is 17.6. The van der Waals surface area contributed by atoms with E-state index in [-0.39, 0.29) is 29.0 Å². The second-order valence-electron chi connectivity index (χ2n) is 5.90. The highest BCUT2D eigenvalue weighted by Gasteiger charge is 2.12. The molecule has 4 N–H and O–H groups in total. The molecule has 0 saturated heterocycles. The van der Waals surface area contributed by atoms with Crippen LogP contribution in [0, 0.1) is 0 Å². The molecule has 0 fully saturated rings. The van der Waals surface area contributed by atoms with E-state index in [4.69, 9.17) is 0 Å². The van der Waals surface area contributed by atoms with Crippen molar-refractivity contribution in [2.45, 2.75) is 6.42 Å². The number of aromatic amines is 1. The molecule has 3 aromatic rings. The first-order valence-electron chi connectivity index (χ1n) is 7.66. The van der Waals surface area contributed by atoms with Crippen molar-refractivity contribution in [2.75, 3.05) is 0 Å². The maximum atomic E-state index is 11.9. The quantitative estimate of drug-likeness (QED) is 0.536. The lowest BCUT2D eigenvalue weighted by molar-refractivity contribution is 0.449. The molecule has 0 aliphatic heterocycles. The highest BCUT2D eigenvalue weighted by Crippen LogP contribution is 2.25. The molecule has 2 aromatic heterocycles. The van der Waals surface area contributed by atoms with Crippen molar-refractivity contribution in [2.24, 2.45) is 0 Å². The lowest BCUT2D eigenvalue weighted by atomic mass is 9.98. The number of aromatic nitrogens is 2. The summed E-state index contributed by atoms with van der Waals surface area (Å²) in [7, 11) is 0. The van der Waals surface area contributed by atoms with Crippen LogP contribution in [0.3, 0.4) is 0 Å². The molecule has 0 saturated carbocycles. The van der Waals surface area contributed by atoms with Gasteiger partial charge in [0.25, 0.3) is 5.56 Å². The maximum absolute atomic E-state index is 11.9. The van der Waals surface area contributed by atoms with Gasteiger partial charge in [-0.2, -0.15) is 0 Å². The minimum absolute atomic E-state index is 0.0407. The molecule has 1 aliphatic carbocycles. The van der Waals surface area contributed by atoms with Crippen molar-refractivity contribution in [3.05, 3.63) is 68.5 Å². The van der Waals surface area contributed by atoms with Gasteiger partial charge in [0.2, 0.25) is 0 Å². The van der Waals surface area contributed by atoms with Gasteiger partial charge in [-0.25, -0.2) is 0 Å². The molecule has 1 aliphatic rings. The largest absolute Gasteiger partial charge is 0.511 e. The van der Waals surface area contributed by atoms with Crippen molar-refractivity contribution in [3.8, 4) is 11.6 Å². The number of nitrogens with zero attached hydrogens (tertiary/aromatic N) is 1. The molecule has 6 heteroatoms. The number of aliphatic hydroxyl groups is 1. The average molecular weight is 334 g/mol. The lowest BCUT2D eigenvalue weighted by Gasteiger charge is -2.10. The van der Waals surface area contributed by atoms with Gasteiger partial charge in [-0.05, 0) is 34.6 Å². The van der Waals surface area contributed by atoms with Crippen molar-refractivity contribution >= 4 is 28.8 Å². The Labute approximate surface area is 141 Å². The third kappa shape index (κ3) is 2.63. The maximum Gasteiger partial charge on any atom is 0.261 e. The van der Waals surface area contributed by atoms with Gasteiger partial charge in [-0.1, -0.05) is 12.2 Å². The molecule has 0 spiro atoms. The van der Waals surface area contributed by atoms with E-state index >= 15 is 0 Å². The molecule has 0 bridgehead atoms. The molecule has 4 rings (SSSR count). The smallest absolute Gasteiger partial charge is 0.261 e. The van der Waals surface area contributed by atoms with Gasteiger partial charge < -0.3 is 15.3 Å². The Morgan fingerprint density at radius 2 is 1.96 bits per heavy atom. The van der Waals surface area contributed by atoms with Crippen LogP contribution in [0.25, 0.3) is 28.8 Å². The highest BCUT2D eigenvalue weighted by atomic mass is 16.3. The third-order valence-electron chi connectivity index (χ3n) is 4.15. The fourth-order valence-electron chi connectivity index (χ4n) is 3.09. The third-order valence-corrected chi connectivity index (χ3v) is 4.15. The number of hydrogen-bond donors (Lipinski definition) is 4. The van der Waals surface area contributed by atoms with Crippen LogP contribution in [0.2, 0.25) is 0 Å². The van der Waals surface area contributed by atoms with E-state index in [1.54, 1.807) is 30.5 Å². The van der Waals surface area contributed by atoms with Crippen LogP contribution in [0.5, 0.6) is 11.6 Å². The number of rotatable bonds is 1. The number of aromatic hydroxyl groups is 2. The van der Waals surface area contributed by atoms with Crippen LogP contribution >= 0.6 is 0 Å². The first-order valence-corrected chi connectivity index (χ1v) is 7.66. The fourth-order valence-corrected chi connectivity index (χ4v) is 3.09. The summed E-state index contributed by atoms with van der Waals surface area (Å²) in [4.78, 5) is 18.4. The van der Waals surface area contributed by atoms with Gasteiger partial charge in [0.05, 0.1) is 10.7 Å². The molecule has 0 atom stereocenters. The first-order chi connectivity index (χ1) is 12.0. The van der Waals surface area contributed by atoms with Gasteiger partial charge in [-0.3, -0.25) is 14.8 Å². The molecule has 25 heavy (non-hydrogen) atoms. The van der Waals surface area contributed by atoms with Crippen LogP contribution in [0.15, 0.2) is 46.9 Å². The molecule has 0 radical (unpaired) electrons. The summed E-state index contributed by atoms with van der Waals surface area (Å²) in [6.07, 6.45) is 5.50. The van der Waals surface area contributed by atoms with Gasteiger partial charge in [0.15, 0.2) is 5.88 Å². The van der Waals surface area contributed by atoms with Crippen LogP contribution < -0.4 is 16.0 Å². The van der Waals surface area contributed by atoms with E-state index in [0.29, 0.717) is 10.7 Å². The molecule has 6 nitrogen and oxygen atoms in total. The Hall–Kier alpha value is -3.54. The number of hydrogen-bond acceptors (Lipinski definition) is 5. The van der Waals surface area contributed by atoms with Crippen molar-refractivity contribution in [3.63, 3.8) is 0 Å². The molecular formula is C19H14N2O4. The van der Waals surface area contributed by atoms with E-state index in [1.807, 2.05) is 12.1 Å². The summed E-state index contributed by atoms with van der Waals surface area (Å²) < 4.78 is 0. The SMILES string of the molecule is O=c1[nH]c(O)cc2c1=C(O)CC(=Cc1ccnc3cc(O)ccc13)C=2. The van der Waals surface area contributed by atoms with Gasteiger partial charge in [0, 0.05) is 30.1 Å². The Morgan fingerprint density at radius 1 is 1.12 bits per heavy atom. The molecule has 2 heterocycles. The number of benzene rings is 1. The van der Waals surface area contributed by atoms with E-state index in [9.17, 15) is 20.1 Å². The number of H-pyrrole nitrogens is 1. The number of fused-ring (bicyclic) bond motifs is 2. The van der Waals surface area contributed by atoms with Crippen molar-refractivity contribution < 1.29 is 15.3 Å². The van der Waals surface area contributed by atoms with Crippen LogP contribution in [-0.2, 0) is 0 Å². The van der Waals surface area contributed by atoms with Gasteiger partial charge in [-0.15, -0.1) is 0 Å². The predicted octanol–water partition coefficient (Wildman–Crippen LogP) is 1.27. The Bertz CT molecular complexity index is 1220. The summed E-state index contributed by atoms with van der Waals surface area (Å²) in [6.45, 7) is 0. The highest BCUT2D eigenvalue weighted by molar-refractivity contribution is 5.90. The van der Waals surface area contributed by atoms with Crippen LogP contribution in [-0.4, -0.2) is 25.3 Å². The molecule has 0 unspecified atom stereocenters. The fraction of sp³-hybridized carbons (Fsp3) is 0.0526. The topological polar surface area (TPSA) is 106 Å². The van der Waals surface area contributed by atoms with E-state index < -0.39 is 5.56 Å². The van der Waals surface area contributed by atoms with Crippen molar-refractivity contribution in [1.29, 1.82) is 0 Å². The Morgan fingerprint density at radius 3 is 2.80 bits per heavy atom. The summed E-state index contributed by atoms with van der Waals surface area (Å²) in [5.41, 5.74) is 1.80. The van der Waals surface area contributed by atoms with Crippen LogP contribution in [0.1, 0.15) is 12.0 Å². The van der Waals surface area contributed by atoms with Crippen molar-refractivity contribution in [1.82, 2.24) is 9.97 Å². The van der Waals surface area contributed by atoms with E-state index in [0.717, 1.165) is 16.5 Å². The number of phenols is 1. The second-order valence-corrected chi connectivity index (χ2v) is 5.90. The average Bonchev–Trinajstić information content (AvgIpc) is 2.53. The lowest BCUT2D eigenvalue weighted by Crippen LogP contribution is -2.43. The monoisotopic (exact) mass is 334 g/mol. The number of phenolic OH excluding ortho intramolecular Hbond substituents is 1. The normalized spacial score (nSPS) is 15.2. The second kappa shape index (κ2) is 5.52. The van der Waals surface area contributed by atoms with Gasteiger partial charge in [0.1, 0.15) is 11.5 Å². The Kier molecular flexibility index (Phi) is 3.32. The van der Waals surface area contributed by atoms with Crippen LogP contribution in [0.4, 0.5) is 0 Å². The summed E-state index contributed by atoms with van der Waals surface area (Å²) >= 11 is 0. The van der Waals surface area contributed by atoms with E-state index in [1.165, 1.54) is 6.07 Å². The summed E-state index contributed by atoms with van der Waals surface area (Å²) in [5.74, 6) is -0.150. The number of pyridine rings is 2. The predicted molar refractivity (Wildman–Crippen MR) is 94.5 cm³/mol.